The number of hydrogen-bond acceptors (Lipinski definition) is 5. The molecular weight excluding hydrogens is 396 g/mol. The molecule has 1 heterocycles. The number of carbonyl (C=O) groups is 2. The number of benzene rings is 2. The molecule has 0 bridgehead atoms. The number of carbonyl (C=O) groups excluding carboxylic acids is 2. The smallest absolute Gasteiger partial charge is 0.249 e. The highest BCUT2D eigenvalue weighted by Gasteiger charge is 2.24. The van der Waals surface area contributed by atoms with E-state index in [1.807, 2.05) is 60.7 Å². The van der Waals surface area contributed by atoms with Gasteiger partial charge in [0.25, 0.3) is 0 Å². The molecule has 3 aromatic rings. The lowest BCUT2D eigenvalue weighted by molar-refractivity contribution is -0.126. The molecule has 2 unspecified atom stereocenters. The van der Waals surface area contributed by atoms with Gasteiger partial charge in [-0.15, -0.1) is 21.8 Å². The second kappa shape index (κ2) is 9.43. The summed E-state index contributed by atoms with van der Waals surface area (Å²) in [7, 11) is 0. The van der Waals surface area contributed by atoms with Gasteiger partial charge in [0.05, 0.1) is 0 Å². The average Bonchev–Trinajstić information content (AvgIpc) is 3.17. The van der Waals surface area contributed by atoms with Crippen molar-refractivity contribution in [1.82, 2.24) is 15.5 Å². The summed E-state index contributed by atoms with van der Waals surface area (Å²) in [4.78, 5) is 24.8. The molecule has 28 heavy (non-hydrogen) atoms. The minimum atomic E-state index is -0.778. The van der Waals surface area contributed by atoms with Gasteiger partial charge in [-0.3, -0.25) is 14.9 Å². The van der Waals surface area contributed by atoms with Crippen LogP contribution in [0.3, 0.4) is 0 Å². The number of nitrogens with one attached hydrogen (secondary N) is 2. The first-order chi connectivity index (χ1) is 13.5. The lowest BCUT2D eigenvalue weighted by atomic mass is 10.1. The largest absolute Gasteiger partial charge is 0.343 e. The molecular formula is C20H19ClN4O2S. The summed E-state index contributed by atoms with van der Waals surface area (Å²) in [6.07, 6.45) is 0.340. The second-order valence-corrected chi connectivity index (χ2v) is 7.77. The third-order valence-electron chi connectivity index (χ3n) is 3.95. The molecule has 0 aliphatic carbocycles. The van der Waals surface area contributed by atoms with E-state index in [0.29, 0.717) is 16.6 Å². The van der Waals surface area contributed by atoms with Crippen LogP contribution in [-0.2, 0) is 16.0 Å². The van der Waals surface area contributed by atoms with Gasteiger partial charge in [0.2, 0.25) is 16.9 Å². The summed E-state index contributed by atoms with van der Waals surface area (Å²) in [5, 5.41) is 13.9. The fourth-order valence-corrected chi connectivity index (χ4v) is 3.32. The Labute approximate surface area is 172 Å². The lowest BCUT2D eigenvalue weighted by Gasteiger charge is -2.18. The third-order valence-corrected chi connectivity index (χ3v) is 5.04. The Morgan fingerprint density at radius 3 is 2.29 bits per heavy atom. The molecule has 0 saturated heterocycles. The van der Waals surface area contributed by atoms with Crippen molar-refractivity contribution < 1.29 is 9.59 Å². The molecule has 6 nitrogen and oxygen atoms in total. The summed E-state index contributed by atoms with van der Waals surface area (Å²) in [6.45, 7) is 1.56. The van der Waals surface area contributed by atoms with Gasteiger partial charge in [0.15, 0.2) is 0 Å². The summed E-state index contributed by atoms with van der Waals surface area (Å²) >= 11 is 7.12. The van der Waals surface area contributed by atoms with Crippen LogP contribution in [0.4, 0.5) is 5.13 Å². The van der Waals surface area contributed by atoms with Crippen molar-refractivity contribution in [1.29, 1.82) is 0 Å². The number of nitrogens with zero attached hydrogens (tertiary/aromatic N) is 2. The van der Waals surface area contributed by atoms with Crippen LogP contribution < -0.4 is 10.6 Å². The molecule has 0 radical (unpaired) electrons. The topological polar surface area (TPSA) is 84.0 Å². The Hall–Kier alpha value is -2.77. The highest BCUT2D eigenvalue weighted by atomic mass is 35.5. The molecule has 2 N–H and O–H groups in total. The highest BCUT2D eigenvalue weighted by molar-refractivity contribution is 7.18. The van der Waals surface area contributed by atoms with Crippen molar-refractivity contribution in [3.8, 4) is 10.6 Å². The van der Waals surface area contributed by atoms with Crippen LogP contribution in [0, 0.1) is 0 Å². The van der Waals surface area contributed by atoms with E-state index in [-0.39, 0.29) is 5.91 Å². The predicted octanol–water partition coefficient (Wildman–Crippen LogP) is 3.50. The van der Waals surface area contributed by atoms with Gasteiger partial charge in [0, 0.05) is 12.0 Å². The monoisotopic (exact) mass is 414 g/mol. The zero-order valence-corrected chi connectivity index (χ0v) is 16.7. The van der Waals surface area contributed by atoms with Gasteiger partial charge in [-0.25, -0.2) is 0 Å². The molecule has 0 aliphatic heterocycles. The summed E-state index contributed by atoms with van der Waals surface area (Å²) in [5.41, 5.74) is 1.85. The molecule has 3 rings (SSSR count). The third kappa shape index (κ3) is 5.37. The minimum absolute atomic E-state index is 0.340. The Morgan fingerprint density at radius 2 is 1.64 bits per heavy atom. The molecule has 1 aromatic heterocycles. The van der Waals surface area contributed by atoms with Crippen molar-refractivity contribution in [3.05, 3.63) is 66.2 Å². The standard InChI is InChI=1S/C20H19ClN4O2S/c1-13(21)17(26)22-16(12-14-8-4-2-5-9-14)18(27)23-20-25-24-19(28-20)15-10-6-3-7-11-15/h2-11,13,16H,12H2,1H3,(H,22,26)(H,23,25,27). The zero-order chi connectivity index (χ0) is 19.9. The van der Waals surface area contributed by atoms with Crippen LogP contribution in [0.15, 0.2) is 60.7 Å². The maximum absolute atomic E-state index is 12.8. The SMILES string of the molecule is CC(Cl)C(=O)NC(Cc1ccccc1)C(=O)Nc1nnc(-c2ccccc2)s1. The van der Waals surface area contributed by atoms with Crippen molar-refractivity contribution in [2.24, 2.45) is 0 Å². The van der Waals surface area contributed by atoms with E-state index in [9.17, 15) is 9.59 Å². The number of alkyl halides is 1. The number of halogens is 1. The van der Waals surface area contributed by atoms with Crippen molar-refractivity contribution in [2.75, 3.05) is 5.32 Å². The highest BCUT2D eigenvalue weighted by Crippen LogP contribution is 2.26. The first-order valence-corrected chi connectivity index (χ1v) is 9.96. The quantitative estimate of drug-likeness (QED) is 0.579. The number of hydrogen-bond donors (Lipinski definition) is 2. The summed E-state index contributed by atoms with van der Waals surface area (Å²) in [6, 6.07) is 18.3. The van der Waals surface area contributed by atoms with Crippen LogP contribution in [-0.4, -0.2) is 33.4 Å². The van der Waals surface area contributed by atoms with E-state index < -0.39 is 17.3 Å². The first kappa shape index (κ1) is 20.0. The molecule has 2 aromatic carbocycles. The zero-order valence-electron chi connectivity index (χ0n) is 15.1. The van der Waals surface area contributed by atoms with Gasteiger partial charge >= 0.3 is 0 Å². The minimum Gasteiger partial charge on any atom is -0.343 e. The van der Waals surface area contributed by atoms with Gasteiger partial charge in [-0.05, 0) is 12.5 Å². The van der Waals surface area contributed by atoms with Crippen LogP contribution >= 0.6 is 22.9 Å². The Kier molecular flexibility index (Phi) is 6.73. The Morgan fingerprint density at radius 1 is 1.00 bits per heavy atom. The van der Waals surface area contributed by atoms with Gasteiger partial charge in [-0.2, -0.15) is 0 Å². The fraction of sp³-hybridized carbons (Fsp3) is 0.200. The predicted molar refractivity (Wildman–Crippen MR) is 111 cm³/mol. The van der Waals surface area contributed by atoms with Crippen LogP contribution in [0.2, 0.25) is 0 Å². The van der Waals surface area contributed by atoms with Gasteiger partial charge < -0.3 is 5.32 Å². The molecule has 0 saturated carbocycles. The fourth-order valence-electron chi connectivity index (χ4n) is 2.51. The first-order valence-electron chi connectivity index (χ1n) is 8.71. The van der Waals surface area contributed by atoms with Crippen LogP contribution in [0.1, 0.15) is 12.5 Å². The average molecular weight is 415 g/mol. The number of amides is 2. The number of anilines is 1. The van der Waals surface area contributed by atoms with Gasteiger partial charge in [-0.1, -0.05) is 72.0 Å². The van der Waals surface area contributed by atoms with E-state index in [2.05, 4.69) is 20.8 Å². The van der Waals surface area contributed by atoms with E-state index in [0.717, 1.165) is 11.1 Å². The van der Waals surface area contributed by atoms with E-state index >= 15 is 0 Å². The molecule has 0 spiro atoms. The summed E-state index contributed by atoms with van der Waals surface area (Å²) < 4.78 is 0. The van der Waals surface area contributed by atoms with Gasteiger partial charge in [0.1, 0.15) is 16.4 Å². The van der Waals surface area contributed by atoms with E-state index in [4.69, 9.17) is 11.6 Å². The Balaban J connectivity index is 1.73. The number of rotatable bonds is 7. The molecule has 2 atom stereocenters. The number of aromatic nitrogens is 2. The molecule has 144 valence electrons. The lowest BCUT2D eigenvalue weighted by Crippen LogP contribution is -2.47. The normalized spacial score (nSPS) is 12.8. The van der Waals surface area contributed by atoms with Crippen molar-refractivity contribution in [3.63, 3.8) is 0 Å². The Bertz CT molecular complexity index is 932. The van der Waals surface area contributed by atoms with Crippen LogP contribution in [0.25, 0.3) is 10.6 Å². The van der Waals surface area contributed by atoms with E-state index in [1.165, 1.54) is 11.3 Å². The molecule has 2 amide bonds. The van der Waals surface area contributed by atoms with E-state index in [1.54, 1.807) is 6.92 Å². The molecule has 0 fully saturated rings. The second-order valence-electron chi connectivity index (χ2n) is 6.13. The van der Waals surface area contributed by atoms with Crippen molar-refractivity contribution >= 4 is 39.9 Å². The van der Waals surface area contributed by atoms with Crippen molar-refractivity contribution in [2.45, 2.75) is 24.8 Å². The summed E-state index contributed by atoms with van der Waals surface area (Å²) in [5.74, 6) is -0.773. The van der Waals surface area contributed by atoms with Crippen LogP contribution in [0.5, 0.6) is 0 Å². The maximum atomic E-state index is 12.8. The molecule has 8 heteroatoms. The molecule has 0 aliphatic rings. The maximum Gasteiger partial charge on any atom is 0.249 e.